The molecule has 0 aromatic heterocycles. The van der Waals surface area contributed by atoms with Gasteiger partial charge in [-0.3, -0.25) is 10.2 Å². The van der Waals surface area contributed by atoms with Crippen LogP contribution in [0.3, 0.4) is 0 Å². The van der Waals surface area contributed by atoms with Gasteiger partial charge in [0, 0.05) is 17.6 Å². The highest BCUT2D eigenvalue weighted by molar-refractivity contribution is 6.30. The summed E-state index contributed by atoms with van der Waals surface area (Å²) in [6.07, 6.45) is 1.91. The fraction of sp³-hybridized carbons (Fsp3) is 0.533. The Morgan fingerprint density at radius 1 is 1.45 bits per heavy atom. The normalized spacial score (nSPS) is 22.2. The Bertz CT molecular complexity index is 464. The van der Waals surface area contributed by atoms with E-state index in [0.717, 1.165) is 18.4 Å². The number of hydrogen-bond acceptors (Lipinski definition) is 3. The zero-order chi connectivity index (χ0) is 14.5. The van der Waals surface area contributed by atoms with Crippen LogP contribution < -0.4 is 16.2 Å². The molecule has 0 radical (unpaired) electrons. The van der Waals surface area contributed by atoms with Crippen molar-refractivity contribution >= 4 is 17.5 Å². The molecule has 1 aliphatic heterocycles. The first kappa shape index (κ1) is 15.3. The van der Waals surface area contributed by atoms with E-state index in [2.05, 4.69) is 30.0 Å². The minimum Gasteiger partial charge on any atom is -0.351 e. The predicted molar refractivity (Wildman–Crippen MR) is 81.2 cm³/mol. The highest BCUT2D eigenvalue weighted by Crippen LogP contribution is 2.14. The first-order valence-corrected chi connectivity index (χ1v) is 7.45. The quantitative estimate of drug-likeness (QED) is 0.781. The largest absolute Gasteiger partial charge is 0.351 e. The van der Waals surface area contributed by atoms with E-state index in [-0.39, 0.29) is 11.9 Å². The zero-order valence-electron chi connectivity index (χ0n) is 11.9. The van der Waals surface area contributed by atoms with Crippen LogP contribution in [-0.2, 0) is 11.3 Å². The van der Waals surface area contributed by atoms with Gasteiger partial charge in [-0.05, 0) is 36.5 Å². The standard InChI is InChI=1S/C15H22ClN3O/c1-10(2)6-13-8-14(19-18-13)15(20)17-9-11-4-3-5-12(16)7-11/h3-5,7,10,13-14,18-19H,6,8-9H2,1-2H3,(H,17,20). The minimum absolute atomic E-state index is 0.0312. The lowest BCUT2D eigenvalue weighted by atomic mass is 10.00. The Kier molecular flexibility index (Phi) is 5.40. The van der Waals surface area contributed by atoms with Gasteiger partial charge in [-0.1, -0.05) is 37.6 Å². The van der Waals surface area contributed by atoms with Gasteiger partial charge < -0.3 is 5.32 Å². The average Bonchev–Trinajstić information content (AvgIpc) is 2.84. The van der Waals surface area contributed by atoms with Crippen molar-refractivity contribution in [3.63, 3.8) is 0 Å². The summed E-state index contributed by atoms with van der Waals surface area (Å²) in [5.74, 6) is 0.659. The number of benzene rings is 1. The molecule has 1 fully saturated rings. The molecule has 2 unspecified atom stereocenters. The summed E-state index contributed by atoms with van der Waals surface area (Å²) in [7, 11) is 0. The van der Waals surface area contributed by atoms with E-state index < -0.39 is 0 Å². The van der Waals surface area contributed by atoms with Gasteiger partial charge in [-0.2, -0.15) is 0 Å². The van der Waals surface area contributed by atoms with Crippen molar-refractivity contribution in [2.45, 2.75) is 45.3 Å². The maximum atomic E-state index is 12.1. The van der Waals surface area contributed by atoms with Crippen LogP contribution in [0.2, 0.25) is 5.02 Å². The lowest BCUT2D eigenvalue weighted by molar-refractivity contribution is -0.123. The number of rotatable bonds is 5. The molecule has 1 aromatic carbocycles. The molecule has 0 saturated carbocycles. The van der Waals surface area contributed by atoms with E-state index in [1.807, 2.05) is 24.3 Å². The second-order valence-electron chi connectivity index (χ2n) is 5.75. The van der Waals surface area contributed by atoms with Crippen molar-refractivity contribution in [1.29, 1.82) is 0 Å². The second kappa shape index (κ2) is 7.07. The molecule has 5 heteroatoms. The summed E-state index contributed by atoms with van der Waals surface area (Å²) in [4.78, 5) is 12.1. The van der Waals surface area contributed by atoms with E-state index in [4.69, 9.17) is 11.6 Å². The number of hydrogen-bond donors (Lipinski definition) is 3. The Labute approximate surface area is 125 Å². The molecule has 110 valence electrons. The first-order chi connectivity index (χ1) is 9.54. The topological polar surface area (TPSA) is 53.2 Å². The predicted octanol–water partition coefficient (Wildman–Crippen LogP) is 2.24. The lowest BCUT2D eigenvalue weighted by Crippen LogP contribution is -2.43. The summed E-state index contributed by atoms with van der Waals surface area (Å²) in [6, 6.07) is 7.75. The Balaban J connectivity index is 1.78. The molecule has 20 heavy (non-hydrogen) atoms. The molecule has 2 rings (SSSR count). The van der Waals surface area contributed by atoms with E-state index >= 15 is 0 Å². The molecule has 1 aromatic rings. The number of carbonyl (C=O) groups is 1. The molecule has 0 spiro atoms. The van der Waals surface area contributed by atoms with Gasteiger partial charge in [0.2, 0.25) is 5.91 Å². The van der Waals surface area contributed by atoms with Gasteiger partial charge >= 0.3 is 0 Å². The third-order valence-electron chi connectivity index (χ3n) is 3.41. The molecule has 1 heterocycles. The molecule has 2 atom stereocenters. The molecular weight excluding hydrogens is 274 g/mol. The average molecular weight is 296 g/mol. The van der Waals surface area contributed by atoms with E-state index in [1.165, 1.54) is 0 Å². The third-order valence-corrected chi connectivity index (χ3v) is 3.65. The maximum absolute atomic E-state index is 12.1. The van der Waals surface area contributed by atoms with Gasteiger partial charge in [0.1, 0.15) is 6.04 Å². The van der Waals surface area contributed by atoms with Crippen molar-refractivity contribution in [3.05, 3.63) is 34.9 Å². The highest BCUT2D eigenvalue weighted by Gasteiger charge is 2.29. The molecule has 1 saturated heterocycles. The SMILES string of the molecule is CC(C)CC1CC(C(=O)NCc2cccc(Cl)c2)NN1. The van der Waals surface area contributed by atoms with Crippen molar-refractivity contribution in [3.8, 4) is 0 Å². The van der Waals surface area contributed by atoms with Crippen LogP contribution in [0.25, 0.3) is 0 Å². The number of amides is 1. The van der Waals surface area contributed by atoms with Crippen LogP contribution in [0.4, 0.5) is 0 Å². The van der Waals surface area contributed by atoms with Gasteiger partial charge in [0.25, 0.3) is 0 Å². The molecule has 0 bridgehead atoms. The third kappa shape index (κ3) is 4.47. The summed E-state index contributed by atoms with van der Waals surface area (Å²) < 4.78 is 0. The zero-order valence-corrected chi connectivity index (χ0v) is 12.7. The number of carbonyl (C=O) groups excluding carboxylic acids is 1. The fourth-order valence-electron chi connectivity index (χ4n) is 2.48. The molecule has 1 aliphatic rings. The van der Waals surface area contributed by atoms with Crippen LogP contribution in [0, 0.1) is 5.92 Å². The lowest BCUT2D eigenvalue weighted by Gasteiger charge is -2.12. The van der Waals surface area contributed by atoms with Crippen LogP contribution in [0.1, 0.15) is 32.3 Å². The molecular formula is C15H22ClN3O. The van der Waals surface area contributed by atoms with Crippen molar-refractivity contribution in [1.82, 2.24) is 16.2 Å². The number of nitrogens with one attached hydrogen (secondary N) is 3. The summed E-state index contributed by atoms with van der Waals surface area (Å²) in [6.45, 7) is 4.88. The second-order valence-corrected chi connectivity index (χ2v) is 6.19. The molecule has 1 amide bonds. The van der Waals surface area contributed by atoms with Crippen LogP contribution in [-0.4, -0.2) is 18.0 Å². The monoisotopic (exact) mass is 295 g/mol. The van der Waals surface area contributed by atoms with Gasteiger partial charge in [0.05, 0.1) is 0 Å². The van der Waals surface area contributed by atoms with Crippen molar-refractivity contribution < 1.29 is 4.79 Å². The van der Waals surface area contributed by atoms with Crippen LogP contribution >= 0.6 is 11.6 Å². The fourth-order valence-corrected chi connectivity index (χ4v) is 2.69. The maximum Gasteiger partial charge on any atom is 0.238 e. The summed E-state index contributed by atoms with van der Waals surface area (Å²) >= 11 is 5.92. The Hall–Kier alpha value is -1.10. The van der Waals surface area contributed by atoms with Crippen LogP contribution in [0.5, 0.6) is 0 Å². The van der Waals surface area contributed by atoms with E-state index in [9.17, 15) is 4.79 Å². The number of hydrazine groups is 1. The Morgan fingerprint density at radius 3 is 2.95 bits per heavy atom. The molecule has 4 nitrogen and oxygen atoms in total. The van der Waals surface area contributed by atoms with E-state index in [1.54, 1.807) is 0 Å². The highest BCUT2D eigenvalue weighted by atomic mass is 35.5. The van der Waals surface area contributed by atoms with Gasteiger partial charge in [-0.25, -0.2) is 5.43 Å². The summed E-state index contributed by atoms with van der Waals surface area (Å²) in [5.41, 5.74) is 7.28. The number of halogens is 1. The minimum atomic E-state index is -0.155. The van der Waals surface area contributed by atoms with Crippen molar-refractivity contribution in [2.75, 3.05) is 0 Å². The molecule has 3 N–H and O–H groups in total. The van der Waals surface area contributed by atoms with E-state index in [0.29, 0.717) is 23.5 Å². The van der Waals surface area contributed by atoms with Crippen molar-refractivity contribution in [2.24, 2.45) is 5.92 Å². The van der Waals surface area contributed by atoms with Crippen LogP contribution in [0.15, 0.2) is 24.3 Å². The van der Waals surface area contributed by atoms with Gasteiger partial charge in [0.15, 0.2) is 0 Å². The Morgan fingerprint density at radius 2 is 2.25 bits per heavy atom. The van der Waals surface area contributed by atoms with Gasteiger partial charge in [-0.15, -0.1) is 0 Å². The summed E-state index contributed by atoms with van der Waals surface area (Å²) in [5, 5.41) is 3.63. The molecule has 0 aliphatic carbocycles. The smallest absolute Gasteiger partial charge is 0.238 e. The first-order valence-electron chi connectivity index (χ1n) is 7.08.